The summed E-state index contributed by atoms with van der Waals surface area (Å²) < 4.78 is 0. The van der Waals surface area contributed by atoms with Gasteiger partial charge in [-0.2, -0.15) is 0 Å². The maximum atomic E-state index is 13.9. The van der Waals surface area contributed by atoms with Gasteiger partial charge in [-0.25, -0.2) is 0 Å². The second-order valence-electron chi connectivity index (χ2n) is 10.8. The minimum atomic E-state index is -1.05. The number of nitrogens with two attached hydrogens (primary N) is 3. The second kappa shape index (κ2) is 18.9. The molecule has 10 N–H and O–H groups in total. The summed E-state index contributed by atoms with van der Waals surface area (Å²) in [5, 5.41) is 26.5. The third-order valence-electron chi connectivity index (χ3n) is 7.36. The zero-order valence-electron chi connectivity index (χ0n) is 25.5. The summed E-state index contributed by atoms with van der Waals surface area (Å²) >= 11 is 0. The number of hydrogen-bond donors (Lipinski definition) is 7. The van der Waals surface area contributed by atoms with E-state index in [4.69, 9.17) is 17.2 Å². The summed E-state index contributed by atoms with van der Waals surface area (Å²) in [5.74, 6) is -1.34. The molecule has 0 radical (unpaired) electrons. The summed E-state index contributed by atoms with van der Waals surface area (Å²) in [7, 11) is 0. The number of rotatable bonds is 17. The Kier molecular flexibility index (Phi) is 15.7. The smallest absolute Gasteiger partial charge is 0.245 e. The Morgan fingerprint density at radius 1 is 1.02 bits per heavy atom. The van der Waals surface area contributed by atoms with Crippen molar-refractivity contribution in [3.8, 4) is 0 Å². The number of aliphatic hydroxyl groups is 2. The van der Waals surface area contributed by atoms with Crippen LogP contribution >= 0.6 is 0 Å². The Balaban J connectivity index is 2.46. The summed E-state index contributed by atoms with van der Waals surface area (Å²) in [4.78, 5) is 41.8. The minimum absolute atomic E-state index is 0.00106. The predicted molar refractivity (Wildman–Crippen MR) is 169 cm³/mol. The van der Waals surface area contributed by atoms with Gasteiger partial charge in [-0.15, -0.1) is 0 Å². The molecule has 238 valence electrons. The van der Waals surface area contributed by atoms with Gasteiger partial charge >= 0.3 is 0 Å². The molecule has 3 amide bonds. The van der Waals surface area contributed by atoms with E-state index >= 15 is 0 Å². The number of nitrogens with zero attached hydrogens (tertiary/aromatic N) is 1. The maximum Gasteiger partial charge on any atom is 0.245 e. The van der Waals surface area contributed by atoms with Gasteiger partial charge in [0.1, 0.15) is 17.8 Å². The molecule has 43 heavy (non-hydrogen) atoms. The van der Waals surface area contributed by atoms with Crippen LogP contribution in [0.1, 0.15) is 58.8 Å². The minimum Gasteiger partial charge on any atom is -0.508 e. The van der Waals surface area contributed by atoms with E-state index in [1.807, 2.05) is 31.2 Å². The lowest BCUT2D eigenvalue weighted by molar-refractivity contribution is -0.137. The number of aliphatic hydroxyl groups excluding tert-OH is 2. The number of amides is 3. The lowest BCUT2D eigenvalue weighted by Crippen LogP contribution is -2.56. The average Bonchev–Trinajstić information content (AvgIpc) is 3.33. The molecule has 0 bridgehead atoms. The first kappa shape index (κ1) is 35.7. The van der Waals surface area contributed by atoms with Crippen LogP contribution in [0.5, 0.6) is 0 Å². The molecule has 0 aromatic heterocycles. The van der Waals surface area contributed by atoms with Crippen LogP contribution < -0.4 is 27.8 Å². The zero-order chi connectivity index (χ0) is 31.8. The number of allylic oxidation sites excluding steroid dienone is 8. The summed E-state index contributed by atoms with van der Waals surface area (Å²) in [6, 6.07) is -2.76. The highest BCUT2D eigenvalue weighted by molar-refractivity contribution is 5.93. The monoisotopic (exact) mass is 598 g/mol. The highest BCUT2D eigenvalue weighted by atomic mass is 16.3. The van der Waals surface area contributed by atoms with Crippen molar-refractivity contribution in [2.45, 2.75) is 83.0 Å². The molecule has 2 aliphatic carbocycles. The fraction of sp³-hybridized carbons (Fsp3) is 0.531. The van der Waals surface area contributed by atoms with Crippen molar-refractivity contribution in [2.24, 2.45) is 17.2 Å². The Hall–Kier alpha value is -3.51. The van der Waals surface area contributed by atoms with E-state index in [0.717, 1.165) is 24.0 Å². The third kappa shape index (κ3) is 11.6. The standard InChI is InChI=1S/C32H50N6O5/c1-3-5-18-38(19-17-34)32(43)28(37-31(42)27(12-8-16-33)36-30(41)26(35)4-2)21-24-20-23(10-7-13-29(24)40)22-9-6-11-25(39)15-14-22/h6-7,9,11,13-15,20,25-28,39-40H,3-5,8,10,12,16-19,21,33-35H2,1-2H3,(H,36,41)(H,37,42)/t25?,26?,27-,28?/m0/s1. The molecular weight excluding hydrogens is 548 g/mol. The van der Waals surface area contributed by atoms with E-state index in [2.05, 4.69) is 10.6 Å². The molecule has 0 fully saturated rings. The predicted octanol–water partition coefficient (Wildman–Crippen LogP) is 1.52. The van der Waals surface area contributed by atoms with Gasteiger partial charge in [-0.1, -0.05) is 62.8 Å². The van der Waals surface area contributed by atoms with Crippen molar-refractivity contribution in [3.05, 3.63) is 71.1 Å². The van der Waals surface area contributed by atoms with Gasteiger partial charge in [0.05, 0.1) is 12.1 Å². The van der Waals surface area contributed by atoms with E-state index in [0.29, 0.717) is 44.5 Å². The van der Waals surface area contributed by atoms with Crippen molar-refractivity contribution in [1.82, 2.24) is 15.5 Å². The van der Waals surface area contributed by atoms with E-state index < -0.39 is 36.0 Å². The largest absolute Gasteiger partial charge is 0.508 e. The topological polar surface area (TPSA) is 197 Å². The molecule has 11 nitrogen and oxygen atoms in total. The van der Waals surface area contributed by atoms with Crippen molar-refractivity contribution in [2.75, 3.05) is 26.2 Å². The van der Waals surface area contributed by atoms with Crippen LogP contribution in [0.4, 0.5) is 0 Å². The molecule has 4 atom stereocenters. The van der Waals surface area contributed by atoms with E-state index in [-0.39, 0.29) is 31.1 Å². The lowest BCUT2D eigenvalue weighted by Gasteiger charge is -2.29. The molecule has 11 heteroatoms. The van der Waals surface area contributed by atoms with Crippen molar-refractivity contribution in [1.29, 1.82) is 0 Å². The molecule has 2 rings (SSSR count). The van der Waals surface area contributed by atoms with Crippen LogP contribution in [0.3, 0.4) is 0 Å². The molecule has 0 saturated carbocycles. The van der Waals surface area contributed by atoms with E-state index in [1.54, 1.807) is 36.1 Å². The van der Waals surface area contributed by atoms with Crippen LogP contribution in [-0.4, -0.2) is 83.2 Å². The first-order chi connectivity index (χ1) is 20.6. The Labute approximate surface area is 255 Å². The normalized spacial score (nSPS) is 18.6. The van der Waals surface area contributed by atoms with Gasteiger partial charge in [0.15, 0.2) is 0 Å². The van der Waals surface area contributed by atoms with Crippen molar-refractivity contribution in [3.63, 3.8) is 0 Å². The average molecular weight is 599 g/mol. The van der Waals surface area contributed by atoms with Gasteiger partial charge in [0.25, 0.3) is 0 Å². The SMILES string of the molecule is CCCCN(CCN)C(=O)C(CC1=C(O)C=CCC(C2=CC=CC(O)C=C2)=C1)NC(=O)[C@H](CCCN)NC(=O)C(N)CC. The molecule has 0 aliphatic heterocycles. The molecule has 3 unspecified atom stereocenters. The first-order valence-electron chi connectivity index (χ1n) is 15.2. The fourth-order valence-electron chi connectivity index (χ4n) is 4.73. The zero-order valence-corrected chi connectivity index (χ0v) is 25.5. The van der Waals surface area contributed by atoms with Gasteiger partial charge in [-0.05, 0) is 61.4 Å². The summed E-state index contributed by atoms with van der Waals surface area (Å²) in [6.07, 6.45) is 16.6. The number of nitrogens with one attached hydrogen (secondary N) is 2. The number of hydrogen-bond acceptors (Lipinski definition) is 8. The Morgan fingerprint density at radius 2 is 1.77 bits per heavy atom. The molecular formula is C32H50N6O5. The van der Waals surface area contributed by atoms with Crippen LogP contribution in [0.25, 0.3) is 0 Å². The third-order valence-corrected chi connectivity index (χ3v) is 7.36. The Bertz CT molecular complexity index is 1140. The van der Waals surface area contributed by atoms with Gasteiger partial charge in [0, 0.05) is 26.1 Å². The first-order valence-corrected chi connectivity index (χ1v) is 15.2. The fourth-order valence-corrected chi connectivity index (χ4v) is 4.73. The molecule has 0 heterocycles. The number of carbonyl (C=O) groups excluding carboxylic acids is 3. The van der Waals surface area contributed by atoms with Crippen molar-refractivity contribution >= 4 is 17.7 Å². The van der Waals surface area contributed by atoms with Gasteiger partial charge < -0.3 is 42.9 Å². The highest BCUT2D eigenvalue weighted by Gasteiger charge is 2.31. The molecule has 0 aromatic carbocycles. The lowest BCUT2D eigenvalue weighted by atomic mass is 9.96. The second-order valence-corrected chi connectivity index (χ2v) is 10.8. The molecule has 2 aliphatic rings. The molecule has 0 spiro atoms. The van der Waals surface area contributed by atoms with Crippen LogP contribution in [0, 0.1) is 0 Å². The van der Waals surface area contributed by atoms with Crippen molar-refractivity contribution < 1.29 is 24.6 Å². The Morgan fingerprint density at radius 3 is 2.44 bits per heavy atom. The molecule has 0 aromatic rings. The van der Waals surface area contributed by atoms with Gasteiger partial charge in [-0.3, -0.25) is 14.4 Å². The summed E-state index contributed by atoms with van der Waals surface area (Å²) in [6.45, 7) is 5.14. The van der Waals surface area contributed by atoms with Crippen LogP contribution in [0.2, 0.25) is 0 Å². The quantitative estimate of drug-likeness (QED) is 0.131. The number of unbranched alkanes of at least 4 members (excludes halogenated alkanes) is 1. The van der Waals surface area contributed by atoms with Crippen LogP contribution in [-0.2, 0) is 14.4 Å². The highest BCUT2D eigenvalue weighted by Crippen LogP contribution is 2.27. The molecule has 0 saturated heterocycles. The van der Waals surface area contributed by atoms with Gasteiger partial charge in [0.2, 0.25) is 17.7 Å². The van der Waals surface area contributed by atoms with E-state index in [1.165, 1.54) is 0 Å². The maximum absolute atomic E-state index is 13.9. The summed E-state index contributed by atoms with van der Waals surface area (Å²) in [5.41, 5.74) is 19.6. The van der Waals surface area contributed by atoms with Crippen LogP contribution in [0.15, 0.2) is 71.1 Å². The van der Waals surface area contributed by atoms with E-state index in [9.17, 15) is 24.6 Å². The number of carbonyl (C=O) groups is 3.